The molecule has 1 rings (SSSR count). The summed E-state index contributed by atoms with van der Waals surface area (Å²) < 4.78 is 12.9. The monoisotopic (exact) mass is 361 g/mol. The summed E-state index contributed by atoms with van der Waals surface area (Å²) in [7, 11) is 3.09. The first-order chi connectivity index (χ1) is 10.0. The van der Waals surface area contributed by atoms with Crippen LogP contribution in [0.4, 0.5) is 0 Å². The molecule has 1 aromatic heterocycles. The van der Waals surface area contributed by atoms with Crippen molar-refractivity contribution in [3.05, 3.63) is 15.9 Å². The largest absolute Gasteiger partial charge is 0.469 e. The molecular weight excluding hydrogens is 338 g/mol. The minimum Gasteiger partial charge on any atom is -0.469 e. The van der Waals surface area contributed by atoms with E-state index < -0.39 is 0 Å². The number of hydrogen-bond acceptors (Lipinski definition) is 5. The van der Waals surface area contributed by atoms with E-state index in [-0.39, 0.29) is 5.97 Å². The molecule has 0 aliphatic carbocycles. The third kappa shape index (κ3) is 5.41. The third-order valence-electron chi connectivity index (χ3n) is 3.30. The van der Waals surface area contributed by atoms with E-state index in [2.05, 4.69) is 32.9 Å². The van der Waals surface area contributed by atoms with E-state index in [1.807, 2.05) is 11.6 Å². The van der Waals surface area contributed by atoms with Crippen LogP contribution in [0.3, 0.4) is 0 Å². The highest BCUT2D eigenvalue weighted by atomic mass is 79.9. The molecule has 21 heavy (non-hydrogen) atoms. The number of halogens is 1. The molecule has 0 atom stereocenters. The Morgan fingerprint density at radius 2 is 2.10 bits per heavy atom. The summed E-state index contributed by atoms with van der Waals surface area (Å²) in [6, 6.07) is 0. The molecule has 0 aliphatic heterocycles. The zero-order valence-corrected chi connectivity index (χ0v) is 14.8. The molecule has 0 aromatic carbocycles. The van der Waals surface area contributed by atoms with Gasteiger partial charge in [0.15, 0.2) is 0 Å². The predicted octanol–water partition coefficient (Wildman–Crippen LogP) is 1.99. The van der Waals surface area contributed by atoms with Gasteiger partial charge in [-0.2, -0.15) is 5.10 Å². The van der Waals surface area contributed by atoms with Crippen LogP contribution >= 0.6 is 15.9 Å². The molecule has 0 N–H and O–H groups in total. The Hall–Kier alpha value is -0.920. The number of hydrogen-bond donors (Lipinski definition) is 0. The lowest BCUT2D eigenvalue weighted by molar-refractivity contribution is -0.141. The van der Waals surface area contributed by atoms with Gasteiger partial charge in [-0.25, -0.2) is 0 Å². The summed E-state index contributed by atoms with van der Waals surface area (Å²) >= 11 is 3.60. The van der Waals surface area contributed by atoms with E-state index in [1.165, 1.54) is 7.11 Å². The molecule has 1 heterocycles. The average molecular weight is 362 g/mol. The Kier molecular flexibility index (Phi) is 7.92. The first-order valence-corrected chi connectivity index (χ1v) is 7.82. The minimum atomic E-state index is -0.198. The van der Waals surface area contributed by atoms with Crippen LogP contribution in [0.15, 0.2) is 4.47 Å². The molecule has 0 amide bonds. The van der Waals surface area contributed by atoms with E-state index in [1.54, 1.807) is 7.11 Å². The van der Waals surface area contributed by atoms with E-state index in [0.29, 0.717) is 19.6 Å². The van der Waals surface area contributed by atoms with Crippen molar-refractivity contribution in [2.24, 2.45) is 0 Å². The standard InChI is InChI=1S/C14H24BrN3O3/c1-5-18-12(14(15)11(2)16-18)10-17(8-9-20-3)7-6-13(19)21-4/h5-10H2,1-4H3. The van der Waals surface area contributed by atoms with Gasteiger partial charge in [-0.3, -0.25) is 14.4 Å². The quantitative estimate of drug-likeness (QED) is 0.629. The van der Waals surface area contributed by atoms with Gasteiger partial charge in [0.2, 0.25) is 0 Å². The molecule has 0 radical (unpaired) electrons. The van der Waals surface area contributed by atoms with Crippen LogP contribution in [0.5, 0.6) is 0 Å². The van der Waals surface area contributed by atoms with Gasteiger partial charge in [0, 0.05) is 33.3 Å². The summed E-state index contributed by atoms with van der Waals surface area (Å²) in [5.41, 5.74) is 2.10. The van der Waals surface area contributed by atoms with Crippen molar-refractivity contribution < 1.29 is 14.3 Å². The van der Waals surface area contributed by atoms with Crippen molar-refractivity contribution in [3.8, 4) is 0 Å². The zero-order chi connectivity index (χ0) is 15.8. The number of nitrogens with zero attached hydrogens (tertiary/aromatic N) is 3. The van der Waals surface area contributed by atoms with E-state index in [4.69, 9.17) is 9.47 Å². The topological polar surface area (TPSA) is 56.6 Å². The fourth-order valence-corrected chi connectivity index (χ4v) is 2.48. The van der Waals surface area contributed by atoms with Gasteiger partial charge in [0.25, 0.3) is 0 Å². The smallest absolute Gasteiger partial charge is 0.306 e. The highest BCUT2D eigenvalue weighted by Crippen LogP contribution is 2.22. The van der Waals surface area contributed by atoms with Gasteiger partial charge in [-0.1, -0.05) is 0 Å². The van der Waals surface area contributed by atoms with Crippen molar-refractivity contribution in [3.63, 3.8) is 0 Å². The lowest BCUT2D eigenvalue weighted by atomic mass is 10.3. The van der Waals surface area contributed by atoms with Crippen LogP contribution < -0.4 is 0 Å². The number of rotatable bonds is 9. The molecule has 0 saturated heterocycles. The highest BCUT2D eigenvalue weighted by Gasteiger charge is 2.16. The Morgan fingerprint density at radius 3 is 2.67 bits per heavy atom. The second kappa shape index (κ2) is 9.17. The van der Waals surface area contributed by atoms with Gasteiger partial charge in [0.1, 0.15) is 0 Å². The molecule has 0 unspecified atom stereocenters. The van der Waals surface area contributed by atoms with Crippen LogP contribution in [0.25, 0.3) is 0 Å². The maximum Gasteiger partial charge on any atom is 0.306 e. The Bertz CT molecular complexity index is 463. The number of carbonyl (C=O) groups is 1. The minimum absolute atomic E-state index is 0.198. The molecule has 0 spiro atoms. The van der Waals surface area contributed by atoms with Crippen LogP contribution in [0.1, 0.15) is 24.7 Å². The van der Waals surface area contributed by atoms with Gasteiger partial charge in [0.05, 0.1) is 36.0 Å². The molecule has 0 saturated carbocycles. The fourth-order valence-electron chi connectivity index (χ4n) is 2.07. The maximum absolute atomic E-state index is 11.3. The van der Waals surface area contributed by atoms with Crippen molar-refractivity contribution in [1.29, 1.82) is 0 Å². The van der Waals surface area contributed by atoms with Crippen molar-refractivity contribution in [1.82, 2.24) is 14.7 Å². The summed E-state index contributed by atoms with van der Waals surface area (Å²) in [6.45, 7) is 7.60. The van der Waals surface area contributed by atoms with Gasteiger partial charge in [-0.15, -0.1) is 0 Å². The zero-order valence-electron chi connectivity index (χ0n) is 13.2. The Balaban J connectivity index is 2.77. The maximum atomic E-state index is 11.3. The van der Waals surface area contributed by atoms with Gasteiger partial charge >= 0.3 is 5.97 Å². The van der Waals surface area contributed by atoms with Crippen LogP contribution in [-0.2, 0) is 27.4 Å². The predicted molar refractivity (Wildman–Crippen MR) is 84.1 cm³/mol. The molecule has 6 nitrogen and oxygen atoms in total. The first kappa shape index (κ1) is 18.1. The number of aromatic nitrogens is 2. The molecule has 0 fully saturated rings. The first-order valence-electron chi connectivity index (χ1n) is 7.03. The van der Waals surface area contributed by atoms with Gasteiger partial charge in [-0.05, 0) is 29.8 Å². The molecule has 7 heteroatoms. The highest BCUT2D eigenvalue weighted by molar-refractivity contribution is 9.10. The second-order valence-corrected chi connectivity index (χ2v) is 5.55. The molecule has 120 valence electrons. The average Bonchev–Trinajstić information content (AvgIpc) is 2.76. The number of carbonyl (C=O) groups excluding carboxylic acids is 1. The van der Waals surface area contributed by atoms with Gasteiger partial charge < -0.3 is 9.47 Å². The van der Waals surface area contributed by atoms with E-state index in [0.717, 1.165) is 35.5 Å². The van der Waals surface area contributed by atoms with Crippen LogP contribution in [-0.4, -0.2) is 54.6 Å². The number of esters is 1. The molecule has 1 aromatic rings. The van der Waals surface area contributed by atoms with E-state index in [9.17, 15) is 4.79 Å². The summed E-state index contributed by atoms with van der Waals surface area (Å²) in [5, 5.41) is 4.49. The summed E-state index contributed by atoms with van der Waals surface area (Å²) in [4.78, 5) is 13.5. The SMILES string of the molecule is CCn1nc(C)c(Br)c1CN(CCOC)CCC(=O)OC. The van der Waals surface area contributed by atoms with Crippen LogP contribution in [0, 0.1) is 6.92 Å². The normalized spacial score (nSPS) is 11.1. The van der Waals surface area contributed by atoms with Crippen molar-refractivity contribution >= 4 is 21.9 Å². The lowest BCUT2D eigenvalue weighted by Gasteiger charge is -2.22. The third-order valence-corrected chi connectivity index (χ3v) is 4.33. The second-order valence-electron chi connectivity index (χ2n) is 4.76. The molecular formula is C14H24BrN3O3. The summed E-state index contributed by atoms with van der Waals surface area (Å²) in [5.74, 6) is -0.198. The number of ether oxygens (including phenoxy) is 2. The van der Waals surface area contributed by atoms with Crippen molar-refractivity contribution in [2.45, 2.75) is 33.4 Å². The number of aryl methyl sites for hydroxylation is 2. The molecule has 0 bridgehead atoms. The summed E-state index contributed by atoms with van der Waals surface area (Å²) in [6.07, 6.45) is 0.372. The number of methoxy groups -OCH3 is 2. The van der Waals surface area contributed by atoms with Crippen molar-refractivity contribution in [2.75, 3.05) is 33.9 Å². The Labute approximate surface area is 134 Å². The van der Waals surface area contributed by atoms with Crippen LogP contribution in [0.2, 0.25) is 0 Å². The van der Waals surface area contributed by atoms with E-state index >= 15 is 0 Å². The Morgan fingerprint density at radius 1 is 1.38 bits per heavy atom. The fraction of sp³-hybridized carbons (Fsp3) is 0.714. The molecule has 0 aliphatic rings. The lowest BCUT2D eigenvalue weighted by Crippen LogP contribution is -2.30.